The number of hydrogen-bond acceptors (Lipinski definition) is 7. The Morgan fingerprint density at radius 3 is 2.74 bits per heavy atom. The van der Waals surface area contributed by atoms with E-state index in [-0.39, 0.29) is 24.5 Å². The van der Waals surface area contributed by atoms with Gasteiger partial charge in [0.25, 0.3) is 5.91 Å². The lowest BCUT2D eigenvalue weighted by molar-refractivity contribution is -0.132. The first kappa shape index (κ1) is 22.6. The number of aryl methyl sites for hydroxylation is 1. The van der Waals surface area contributed by atoms with Gasteiger partial charge in [-0.05, 0) is 49.2 Å². The monoisotopic (exact) mass is 498 g/mol. The maximum Gasteiger partial charge on any atom is 0.251 e. The molecule has 1 fully saturated rings. The number of fused-ring (bicyclic) bond motifs is 2. The fourth-order valence-electron chi connectivity index (χ4n) is 3.99. The lowest BCUT2D eigenvalue weighted by Crippen LogP contribution is -2.45. The van der Waals surface area contributed by atoms with Crippen LogP contribution in [0.5, 0.6) is 0 Å². The predicted octanol–water partition coefficient (Wildman–Crippen LogP) is 3.29. The highest BCUT2D eigenvalue weighted by molar-refractivity contribution is 7.22. The van der Waals surface area contributed by atoms with Crippen LogP contribution in [-0.4, -0.2) is 62.1 Å². The number of rotatable bonds is 5. The van der Waals surface area contributed by atoms with Crippen LogP contribution < -0.4 is 10.6 Å². The minimum Gasteiger partial charge on any atom is -0.393 e. The molecule has 11 heteroatoms. The van der Waals surface area contributed by atoms with Crippen molar-refractivity contribution < 1.29 is 14.7 Å². The number of anilines is 2. The Labute approximate surface area is 204 Å². The number of hydrogen-bond donors (Lipinski definition) is 3. The number of nitrogens with one attached hydrogen (secondary N) is 2. The number of thiazole rings is 1. The summed E-state index contributed by atoms with van der Waals surface area (Å²) in [4.78, 5) is 35.9. The van der Waals surface area contributed by atoms with Crippen molar-refractivity contribution >= 4 is 67.1 Å². The molecule has 1 aliphatic rings. The second-order valence-corrected chi connectivity index (χ2v) is 9.72. The Morgan fingerprint density at radius 2 is 1.94 bits per heavy atom. The van der Waals surface area contributed by atoms with Crippen LogP contribution in [0.2, 0.25) is 5.02 Å². The molecule has 176 valence electrons. The number of carbonyl (C=O) groups excluding carboxylic acids is 2. The van der Waals surface area contributed by atoms with Crippen molar-refractivity contribution in [1.29, 1.82) is 0 Å². The fraction of sp³-hybridized carbons (Fsp3) is 0.304. The summed E-state index contributed by atoms with van der Waals surface area (Å²) in [5.41, 5.74) is 2.78. The van der Waals surface area contributed by atoms with Crippen molar-refractivity contribution in [1.82, 2.24) is 24.8 Å². The van der Waals surface area contributed by atoms with E-state index in [2.05, 4.69) is 20.6 Å². The maximum atomic E-state index is 12.6. The molecule has 0 unspecified atom stereocenters. The van der Waals surface area contributed by atoms with Crippen molar-refractivity contribution in [3.63, 3.8) is 0 Å². The molecule has 0 spiro atoms. The smallest absolute Gasteiger partial charge is 0.251 e. The molecule has 5 rings (SSSR count). The van der Waals surface area contributed by atoms with Gasteiger partial charge in [-0.1, -0.05) is 22.9 Å². The van der Waals surface area contributed by atoms with Crippen molar-refractivity contribution in [3.8, 4) is 0 Å². The third-order valence-electron chi connectivity index (χ3n) is 5.93. The van der Waals surface area contributed by atoms with Gasteiger partial charge < -0.3 is 25.2 Å². The molecule has 34 heavy (non-hydrogen) atoms. The van der Waals surface area contributed by atoms with E-state index in [1.165, 1.54) is 11.3 Å². The molecule has 0 aliphatic carbocycles. The van der Waals surface area contributed by atoms with E-state index in [4.69, 9.17) is 11.6 Å². The predicted molar refractivity (Wildman–Crippen MR) is 133 cm³/mol. The first-order valence-electron chi connectivity index (χ1n) is 10.9. The number of aliphatic hydroxyl groups is 1. The molecule has 0 saturated carbocycles. The number of nitrogens with zero attached hydrogens (tertiary/aromatic N) is 4. The van der Waals surface area contributed by atoms with Gasteiger partial charge >= 0.3 is 0 Å². The van der Waals surface area contributed by atoms with E-state index in [0.29, 0.717) is 53.1 Å². The van der Waals surface area contributed by atoms with Crippen molar-refractivity contribution in [2.45, 2.75) is 18.9 Å². The van der Waals surface area contributed by atoms with Crippen LogP contribution >= 0.6 is 22.9 Å². The molecule has 0 radical (unpaired) electrons. The zero-order chi connectivity index (χ0) is 23.8. The maximum absolute atomic E-state index is 12.6. The second-order valence-electron chi connectivity index (χ2n) is 8.25. The summed E-state index contributed by atoms with van der Waals surface area (Å²) in [5.74, 6) is 0.110. The molecule has 0 bridgehead atoms. The Hall–Kier alpha value is -3.21. The number of imidazole rings is 1. The number of benzene rings is 2. The van der Waals surface area contributed by atoms with Gasteiger partial charge in [0.15, 0.2) is 5.13 Å². The minimum absolute atomic E-state index is 0.0797. The Morgan fingerprint density at radius 1 is 1.15 bits per heavy atom. The van der Waals surface area contributed by atoms with Crippen LogP contribution in [0.4, 0.5) is 11.1 Å². The standard InChI is InChI=1S/C23H23ClN6O3S/c1-29-18-5-2-13(21(33)25-12-20(32)30-8-6-15(31)7-9-30)10-17(18)26-22(29)28-23-27-16-4-3-14(24)11-19(16)34-23/h2-5,10-11,15,31H,6-9,12H2,1H3,(H,25,33)(H,26,27,28). The van der Waals surface area contributed by atoms with Gasteiger partial charge in [-0.25, -0.2) is 9.97 Å². The number of carbonyl (C=O) groups is 2. The Bertz CT molecular complexity index is 1390. The average molecular weight is 499 g/mol. The van der Waals surface area contributed by atoms with E-state index >= 15 is 0 Å². The molecule has 0 atom stereocenters. The number of amides is 2. The van der Waals surface area contributed by atoms with Gasteiger partial charge in [-0.3, -0.25) is 9.59 Å². The molecule has 9 nitrogen and oxygen atoms in total. The first-order chi connectivity index (χ1) is 16.4. The van der Waals surface area contributed by atoms with E-state index < -0.39 is 0 Å². The summed E-state index contributed by atoms with van der Waals surface area (Å²) in [6, 6.07) is 10.8. The fourth-order valence-corrected chi connectivity index (χ4v) is 5.12. The Balaban J connectivity index is 1.28. The molecule has 4 aromatic rings. The normalized spacial score (nSPS) is 14.6. The molecule has 1 aliphatic heterocycles. The van der Waals surface area contributed by atoms with Gasteiger partial charge in [0.05, 0.1) is 33.9 Å². The molecular weight excluding hydrogens is 476 g/mol. The number of halogens is 1. The third kappa shape index (κ3) is 4.56. The molecule has 2 amide bonds. The molecule has 3 heterocycles. The zero-order valence-electron chi connectivity index (χ0n) is 18.4. The number of likely N-dealkylation sites (tertiary alicyclic amines) is 1. The van der Waals surface area contributed by atoms with E-state index in [0.717, 1.165) is 15.7 Å². The van der Waals surface area contributed by atoms with Gasteiger partial charge in [0.1, 0.15) is 0 Å². The average Bonchev–Trinajstić information content (AvgIpc) is 3.37. The van der Waals surface area contributed by atoms with Crippen molar-refractivity contribution in [2.75, 3.05) is 25.0 Å². The van der Waals surface area contributed by atoms with Crippen LogP contribution in [0, 0.1) is 0 Å². The molecule has 2 aromatic carbocycles. The molecular formula is C23H23ClN6O3S. The van der Waals surface area contributed by atoms with Crippen LogP contribution in [0.15, 0.2) is 36.4 Å². The second kappa shape index (κ2) is 9.21. The third-order valence-corrected chi connectivity index (χ3v) is 7.10. The summed E-state index contributed by atoms with van der Waals surface area (Å²) in [7, 11) is 1.88. The van der Waals surface area contributed by atoms with E-state index in [1.807, 2.05) is 29.8 Å². The van der Waals surface area contributed by atoms with Crippen LogP contribution in [0.25, 0.3) is 21.3 Å². The summed E-state index contributed by atoms with van der Waals surface area (Å²) in [6.07, 6.45) is 0.783. The highest BCUT2D eigenvalue weighted by Gasteiger charge is 2.22. The summed E-state index contributed by atoms with van der Waals surface area (Å²) >= 11 is 7.55. The van der Waals surface area contributed by atoms with Crippen molar-refractivity contribution in [2.24, 2.45) is 7.05 Å². The lowest BCUT2D eigenvalue weighted by Gasteiger charge is -2.29. The molecule has 3 N–H and O–H groups in total. The van der Waals surface area contributed by atoms with Gasteiger partial charge in [0, 0.05) is 30.7 Å². The van der Waals surface area contributed by atoms with Crippen LogP contribution in [-0.2, 0) is 11.8 Å². The van der Waals surface area contributed by atoms with E-state index in [1.54, 1.807) is 23.1 Å². The summed E-state index contributed by atoms with van der Waals surface area (Å²) in [5, 5.41) is 16.9. The Kier molecular flexibility index (Phi) is 6.11. The number of aliphatic hydroxyl groups excluding tert-OH is 1. The zero-order valence-corrected chi connectivity index (χ0v) is 20.0. The molecule has 1 saturated heterocycles. The molecule has 2 aromatic heterocycles. The van der Waals surface area contributed by atoms with E-state index in [9.17, 15) is 14.7 Å². The SMILES string of the molecule is Cn1c(Nc2nc3ccc(Cl)cc3s2)nc2cc(C(=O)NCC(=O)N3CCC(O)CC3)ccc21. The van der Waals surface area contributed by atoms with Crippen LogP contribution in [0.1, 0.15) is 23.2 Å². The van der Waals surface area contributed by atoms with Crippen molar-refractivity contribution in [3.05, 3.63) is 47.0 Å². The van der Waals surface area contributed by atoms with Crippen LogP contribution in [0.3, 0.4) is 0 Å². The quantitative estimate of drug-likeness (QED) is 0.389. The minimum atomic E-state index is -0.351. The number of piperidine rings is 1. The van der Waals surface area contributed by atoms with Gasteiger partial charge in [0.2, 0.25) is 11.9 Å². The summed E-state index contributed by atoms with van der Waals surface area (Å²) in [6.45, 7) is 0.935. The lowest BCUT2D eigenvalue weighted by atomic mass is 10.1. The van der Waals surface area contributed by atoms with Gasteiger partial charge in [-0.15, -0.1) is 0 Å². The highest BCUT2D eigenvalue weighted by Crippen LogP contribution is 2.31. The van der Waals surface area contributed by atoms with Gasteiger partial charge in [-0.2, -0.15) is 0 Å². The number of aromatic nitrogens is 3. The first-order valence-corrected chi connectivity index (χ1v) is 12.1. The highest BCUT2D eigenvalue weighted by atomic mass is 35.5. The topological polar surface area (TPSA) is 112 Å². The summed E-state index contributed by atoms with van der Waals surface area (Å²) < 4.78 is 2.87. The largest absolute Gasteiger partial charge is 0.393 e.